The van der Waals surface area contributed by atoms with E-state index in [0.29, 0.717) is 24.4 Å². The van der Waals surface area contributed by atoms with Gasteiger partial charge in [-0.15, -0.1) is 12.4 Å². The van der Waals surface area contributed by atoms with Crippen LogP contribution in [0, 0.1) is 17.2 Å². The summed E-state index contributed by atoms with van der Waals surface area (Å²) in [6, 6.07) is 3.24. The Kier molecular flexibility index (Phi) is 7.28. The van der Waals surface area contributed by atoms with E-state index in [-0.39, 0.29) is 36.6 Å². The van der Waals surface area contributed by atoms with Gasteiger partial charge in [-0.2, -0.15) is 5.26 Å². The van der Waals surface area contributed by atoms with Crippen LogP contribution in [0.25, 0.3) is 11.0 Å². The first-order chi connectivity index (χ1) is 13.1. The van der Waals surface area contributed by atoms with Crippen molar-refractivity contribution in [1.29, 1.82) is 5.26 Å². The zero-order chi connectivity index (χ0) is 19.4. The summed E-state index contributed by atoms with van der Waals surface area (Å²) in [5.74, 6) is 5.98. The van der Waals surface area contributed by atoms with Gasteiger partial charge >= 0.3 is 6.03 Å². The quantitative estimate of drug-likeness (QED) is 0.371. The summed E-state index contributed by atoms with van der Waals surface area (Å²) < 4.78 is 1.32. The van der Waals surface area contributed by atoms with Gasteiger partial charge in [0.05, 0.1) is 17.9 Å². The molecular formula is C17H23ClN8O2. The topological polar surface area (TPSA) is 142 Å². The van der Waals surface area contributed by atoms with Crippen LogP contribution in [-0.2, 0) is 4.79 Å². The summed E-state index contributed by atoms with van der Waals surface area (Å²) in [5, 5.41) is 12.8. The minimum absolute atomic E-state index is 0. The van der Waals surface area contributed by atoms with Crippen LogP contribution in [0.1, 0.15) is 19.3 Å². The van der Waals surface area contributed by atoms with Crippen LogP contribution in [0.2, 0.25) is 0 Å². The minimum atomic E-state index is -0.489. The minimum Gasteiger partial charge on any atom is -0.354 e. The summed E-state index contributed by atoms with van der Waals surface area (Å²) in [7, 11) is 1.92. The summed E-state index contributed by atoms with van der Waals surface area (Å²) in [6.45, 7) is 1.54. The number of hydrogen-bond acceptors (Lipinski definition) is 8. The SMILES string of the molecule is CN(c1ncnc2c1ccn2C(=O)NN)[C@H]1CNCC[C@@H]1CC(=O)CC#N.Cl. The number of nitrogens with one attached hydrogen (secondary N) is 2. The van der Waals surface area contributed by atoms with Gasteiger partial charge in [0, 0.05) is 32.3 Å². The van der Waals surface area contributed by atoms with Crippen molar-refractivity contribution < 1.29 is 9.59 Å². The number of amides is 1. The normalized spacial score (nSPS) is 18.8. The van der Waals surface area contributed by atoms with Crippen LogP contribution >= 0.6 is 12.4 Å². The van der Waals surface area contributed by atoms with E-state index >= 15 is 0 Å². The molecule has 28 heavy (non-hydrogen) atoms. The Balaban J connectivity index is 0.00000280. The van der Waals surface area contributed by atoms with Gasteiger partial charge in [0.2, 0.25) is 0 Å². The first-order valence-corrected chi connectivity index (χ1v) is 8.72. The number of nitriles is 1. The molecule has 11 heteroatoms. The molecule has 0 bridgehead atoms. The number of hydrogen-bond donors (Lipinski definition) is 3. The number of nitrogens with zero attached hydrogens (tertiary/aromatic N) is 5. The third-order valence-electron chi connectivity index (χ3n) is 4.99. The zero-order valence-corrected chi connectivity index (χ0v) is 16.3. The molecule has 1 aliphatic heterocycles. The molecule has 2 aromatic heterocycles. The van der Waals surface area contributed by atoms with Crippen LogP contribution < -0.4 is 21.5 Å². The van der Waals surface area contributed by atoms with E-state index in [1.807, 2.05) is 18.0 Å². The lowest BCUT2D eigenvalue weighted by molar-refractivity contribution is -0.119. The Bertz CT molecular complexity index is 893. The van der Waals surface area contributed by atoms with Crippen molar-refractivity contribution in [2.45, 2.75) is 25.3 Å². The van der Waals surface area contributed by atoms with Crippen molar-refractivity contribution in [2.24, 2.45) is 11.8 Å². The second-order valence-electron chi connectivity index (χ2n) is 6.58. The van der Waals surface area contributed by atoms with E-state index in [1.54, 1.807) is 12.3 Å². The molecule has 1 saturated heterocycles. The van der Waals surface area contributed by atoms with Crippen LogP contribution in [-0.4, -0.2) is 52.5 Å². The predicted octanol–water partition coefficient (Wildman–Crippen LogP) is 0.572. The molecule has 150 valence electrons. The number of anilines is 1. The monoisotopic (exact) mass is 406 g/mol. The van der Waals surface area contributed by atoms with E-state index in [9.17, 15) is 9.59 Å². The predicted molar refractivity (Wildman–Crippen MR) is 106 cm³/mol. The molecule has 0 saturated carbocycles. The average molecular weight is 407 g/mol. The number of nitrogen functional groups attached to an aromatic ring is 1. The molecule has 2 aromatic rings. The third kappa shape index (κ3) is 4.22. The second kappa shape index (κ2) is 9.45. The molecule has 3 heterocycles. The number of hydrazine groups is 1. The smallest absolute Gasteiger partial charge is 0.341 e. The molecule has 2 atom stereocenters. The van der Waals surface area contributed by atoms with E-state index in [2.05, 4.69) is 20.7 Å². The maximum absolute atomic E-state index is 12.0. The van der Waals surface area contributed by atoms with E-state index in [1.165, 1.54) is 10.9 Å². The Hall–Kier alpha value is -2.74. The number of rotatable bonds is 5. The van der Waals surface area contributed by atoms with Crippen molar-refractivity contribution >= 4 is 41.1 Å². The van der Waals surface area contributed by atoms with Gasteiger partial charge in [0.1, 0.15) is 17.9 Å². The average Bonchev–Trinajstić information content (AvgIpc) is 3.11. The molecular weight excluding hydrogens is 384 g/mol. The summed E-state index contributed by atoms with van der Waals surface area (Å²) in [5.41, 5.74) is 2.54. The fourth-order valence-corrected chi connectivity index (χ4v) is 3.65. The highest BCUT2D eigenvalue weighted by atomic mass is 35.5. The van der Waals surface area contributed by atoms with Crippen LogP contribution in [0.3, 0.4) is 0 Å². The Morgan fingerprint density at radius 1 is 1.50 bits per heavy atom. The number of carbonyl (C=O) groups excluding carboxylic acids is 2. The van der Waals surface area contributed by atoms with Gasteiger partial charge in [-0.1, -0.05) is 0 Å². The number of nitrogens with two attached hydrogens (primary N) is 1. The van der Waals surface area contributed by atoms with Crippen molar-refractivity contribution in [3.63, 3.8) is 0 Å². The number of likely N-dealkylation sites (N-methyl/N-ethyl adjacent to an activating group) is 1. The highest BCUT2D eigenvalue weighted by Crippen LogP contribution is 2.29. The number of Topliss-reactive ketones (excluding diaryl/α,β-unsaturated/α-hetero) is 1. The standard InChI is InChI=1S/C17H22N8O2.ClH/c1-24(14-9-20-6-3-11(14)8-12(26)2-5-18)15-13-4-7-25(17(27)23-19)16(13)22-10-21-15;/h4,7,10-11,14,20H,2-3,6,8-9,19H2,1H3,(H,23,27);1H/t11-,14+;/m1./s1. The molecule has 0 spiro atoms. The Morgan fingerprint density at radius 2 is 2.29 bits per heavy atom. The number of carbonyl (C=O) groups is 2. The molecule has 0 unspecified atom stereocenters. The Labute approximate surface area is 168 Å². The van der Waals surface area contributed by atoms with Gasteiger partial charge in [-0.3, -0.25) is 14.8 Å². The van der Waals surface area contributed by atoms with Crippen LogP contribution in [0.5, 0.6) is 0 Å². The maximum Gasteiger partial charge on any atom is 0.341 e. The van der Waals surface area contributed by atoms with Gasteiger partial charge in [0.25, 0.3) is 0 Å². The van der Waals surface area contributed by atoms with Crippen LogP contribution in [0.4, 0.5) is 10.6 Å². The molecule has 4 N–H and O–H groups in total. The highest BCUT2D eigenvalue weighted by Gasteiger charge is 2.31. The Morgan fingerprint density at radius 3 is 3.00 bits per heavy atom. The number of aromatic nitrogens is 3. The van der Waals surface area contributed by atoms with Crippen LogP contribution in [0.15, 0.2) is 18.6 Å². The van der Waals surface area contributed by atoms with Crippen molar-refractivity contribution in [3.8, 4) is 6.07 Å². The molecule has 0 aromatic carbocycles. The lowest BCUT2D eigenvalue weighted by atomic mass is 9.86. The lowest BCUT2D eigenvalue weighted by Gasteiger charge is -2.39. The molecule has 1 fully saturated rings. The largest absolute Gasteiger partial charge is 0.354 e. The molecule has 3 rings (SSSR count). The van der Waals surface area contributed by atoms with Gasteiger partial charge in [-0.05, 0) is 24.9 Å². The van der Waals surface area contributed by atoms with E-state index in [0.717, 1.165) is 18.4 Å². The molecule has 1 aliphatic rings. The first-order valence-electron chi connectivity index (χ1n) is 8.72. The number of halogens is 1. The zero-order valence-electron chi connectivity index (χ0n) is 15.5. The summed E-state index contributed by atoms with van der Waals surface area (Å²) in [4.78, 5) is 34.5. The number of ketones is 1. The summed E-state index contributed by atoms with van der Waals surface area (Å²) >= 11 is 0. The van der Waals surface area contributed by atoms with Gasteiger partial charge in [0.15, 0.2) is 5.65 Å². The number of piperidine rings is 1. The van der Waals surface area contributed by atoms with E-state index < -0.39 is 6.03 Å². The van der Waals surface area contributed by atoms with Crippen molar-refractivity contribution in [2.75, 3.05) is 25.0 Å². The highest BCUT2D eigenvalue weighted by molar-refractivity contribution is 5.94. The first kappa shape index (κ1) is 21.6. The molecule has 0 radical (unpaired) electrons. The molecule has 0 aliphatic carbocycles. The summed E-state index contributed by atoms with van der Waals surface area (Å²) in [6.07, 6.45) is 4.15. The fourth-order valence-electron chi connectivity index (χ4n) is 3.65. The van der Waals surface area contributed by atoms with Crippen molar-refractivity contribution in [1.82, 2.24) is 25.3 Å². The molecule has 10 nitrogen and oxygen atoms in total. The second-order valence-corrected chi connectivity index (χ2v) is 6.58. The fraction of sp³-hybridized carbons (Fsp3) is 0.471. The molecule has 1 amide bonds. The van der Waals surface area contributed by atoms with Crippen molar-refractivity contribution in [3.05, 3.63) is 18.6 Å². The van der Waals surface area contributed by atoms with Gasteiger partial charge < -0.3 is 10.2 Å². The van der Waals surface area contributed by atoms with E-state index in [4.69, 9.17) is 11.1 Å². The number of fused-ring (bicyclic) bond motifs is 1. The lowest BCUT2D eigenvalue weighted by Crippen LogP contribution is -2.50. The van der Waals surface area contributed by atoms with Gasteiger partial charge in [-0.25, -0.2) is 20.6 Å². The maximum atomic E-state index is 12.0. The third-order valence-corrected chi connectivity index (χ3v) is 4.99.